The van der Waals surface area contributed by atoms with Gasteiger partial charge in [-0.05, 0) is 36.4 Å². The molecule has 0 amide bonds. The molecular formula is C15H11FO. The largest absolute Gasteiger partial charge is 0.497 e. The molecule has 2 rings (SSSR count). The summed E-state index contributed by atoms with van der Waals surface area (Å²) in [7, 11) is 1.61. The van der Waals surface area contributed by atoms with Crippen molar-refractivity contribution in [3.8, 4) is 17.6 Å². The number of rotatable bonds is 1. The monoisotopic (exact) mass is 226 g/mol. The molecule has 0 N–H and O–H groups in total. The van der Waals surface area contributed by atoms with Gasteiger partial charge in [-0.15, -0.1) is 0 Å². The average Bonchev–Trinajstić information content (AvgIpc) is 2.38. The van der Waals surface area contributed by atoms with Crippen LogP contribution in [0.1, 0.15) is 11.1 Å². The molecule has 1 nitrogen and oxygen atoms in total. The molecule has 0 spiro atoms. The summed E-state index contributed by atoms with van der Waals surface area (Å²) in [5.41, 5.74) is 1.23. The molecule has 17 heavy (non-hydrogen) atoms. The van der Waals surface area contributed by atoms with Crippen LogP contribution >= 0.6 is 0 Å². The van der Waals surface area contributed by atoms with Crippen LogP contribution in [0.25, 0.3) is 0 Å². The van der Waals surface area contributed by atoms with Crippen LogP contribution in [0, 0.1) is 17.7 Å². The molecule has 0 atom stereocenters. The molecule has 0 aliphatic rings. The van der Waals surface area contributed by atoms with Gasteiger partial charge in [0.2, 0.25) is 0 Å². The maximum absolute atomic E-state index is 13.3. The van der Waals surface area contributed by atoms with Crippen LogP contribution < -0.4 is 4.74 Å². The first-order valence-electron chi connectivity index (χ1n) is 5.20. The van der Waals surface area contributed by atoms with Crippen molar-refractivity contribution in [3.05, 3.63) is 65.5 Å². The first-order valence-corrected chi connectivity index (χ1v) is 5.20. The van der Waals surface area contributed by atoms with Crippen molar-refractivity contribution in [1.29, 1.82) is 0 Å². The highest BCUT2D eigenvalue weighted by molar-refractivity contribution is 5.44. The van der Waals surface area contributed by atoms with Gasteiger partial charge in [0.05, 0.1) is 12.7 Å². The fourth-order valence-corrected chi connectivity index (χ4v) is 1.38. The fraction of sp³-hybridized carbons (Fsp3) is 0.0667. The zero-order valence-corrected chi connectivity index (χ0v) is 9.41. The van der Waals surface area contributed by atoms with Crippen molar-refractivity contribution < 1.29 is 9.13 Å². The Kier molecular flexibility index (Phi) is 3.42. The van der Waals surface area contributed by atoms with Gasteiger partial charge >= 0.3 is 0 Å². The van der Waals surface area contributed by atoms with Gasteiger partial charge < -0.3 is 4.74 Å². The molecule has 0 bridgehead atoms. The van der Waals surface area contributed by atoms with Crippen molar-refractivity contribution in [1.82, 2.24) is 0 Å². The molecule has 0 unspecified atom stereocenters. The number of hydrogen-bond donors (Lipinski definition) is 0. The highest BCUT2D eigenvalue weighted by atomic mass is 19.1. The third-order valence-corrected chi connectivity index (χ3v) is 2.31. The lowest BCUT2D eigenvalue weighted by atomic mass is 10.1. The number of benzene rings is 2. The van der Waals surface area contributed by atoms with E-state index in [9.17, 15) is 4.39 Å². The van der Waals surface area contributed by atoms with E-state index in [2.05, 4.69) is 11.8 Å². The third kappa shape index (κ3) is 2.85. The van der Waals surface area contributed by atoms with E-state index in [4.69, 9.17) is 4.74 Å². The summed E-state index contributed by atoms with van der Waals surface area (Å²) in [6, 6.07) is 13.8. The van der Waals surface area contributed by atoms with E-state index in [1.54, 1.807) is 25.3 Å². The molecule has 0 aliphatic heterocycles. The van der Waals surface area contributed by atoms with E-state index in [0.29, 0.717) is 5.56 Å². The predicted octanol–water partition coefficient (Wildman–Crippen LogP) is 3.23. The number of hydrogen-bond acceptors (Lipinski definition) is 1. The van der Waals surface area contributed by atoms with Gasteiger partial charge in [0.15, 0.2) is 0 Å². The molecular weight excluding hydrogens is 215 g/mol. The molecule has 0 heterocycles. The molecule has 0 radical (unpaired) electrons. The lowest BCUT2D eigenvalue weighted by molar-refractivity contribution is 0.415. The molecule has 2 aromatic rings. The summed E-state index contributed by atoms with van der Waals surface area (Å²) in [6.07, 6.45) is 0. The van der Waals surface area contributed by atoms with Gasteiger partial charge in [0.1, 0.15) is 11.6 Å². The second kappa shape index (κ2) is 5.18. The summed E-state index contributed by atoms with van der Waals surface area (Å²) in [5.74, 6) is 6.19. The van der Waals surface area contributed by atoms with Crippen LogP contribution in [-0.4, -0.2) is 7.11 Å². The Labute approximate surface area is 99.9 Å². The number of ether oxygens (including phenoxy) is 1. The minimum atomic E-state index is -0.298. The molecule has 0 saturated heterocycles. The summed E-state index contributed by atoms with van der Waals surface area (Å²) in [5, 5.41) is 0. The Balaban J connectivity index is 2.24. The summed E-state index contributed by atoms with van der Waals surface area (Å²) in [4.78, 5) is 0. The maximum Gasteiger partial charge on any atom is 0.138 e. The molecule has 0 aliphatic carbocycles. The second-order valence-corrected chi connectivity index (χ2v) is 3.46. The highest BCUT2D eigenvalue weighted by Gasteiger charge is 1.95. The van der Waals surface area contributed by atoms with Crippen molar-refractivity contribution in [3.63, 3.8) is 0 Å². The van der Waals surface area contributed by atoms with Crippen LogP contribution in [0.3, 0.4) is 0 Å². The summed E-state index contributed by atoms with van der Waals surface area (Å²) in [6.45, 7) is 0. The lowest BCUT2D eigenvalue weighted by Crippen LogP contribution is -1.83. The van der Waals surface area contributed by atoms with Crippen LogP contribution in [-0.2, 0) is 0 Å². The van der Waals surface area contributed by atoms with Crippen LogP contribution in [0.5, 0.6) is 5.75 Å². The van der Waals surface area contributed by atoms with Crippen molar-refractivity contribution in [2.24, 2.45) is 0 Å². The first-order chi connectivity index (χ1) is 8.29. The van der Waals surface area contributed by atoms with E-state index in [1.807, 2.05) is 24.3 Å². The Morgan fingerprint density at radius 2 is 1.65 bits per heavy atom. The predicted molar refractivity (Wildman–Crippen MR) is 65.4 cm³/mol. The minimum Gasteiger partial charge on any atom is -0.497 e. The van der Waals surface area contributed by atoms with Crippen molar-refractivity contribution in [2.45, 2.75) is 0 Å². The quantitative estimate of drug-likeness (QED) is 0.678. The molecule has 0 saturated carbocycles. The first kappa shape index (κ1) is 11.2. The molecule has 0 aromatic heterocycles. The zero-order chi connectivity index (χ0) is 12.1. The zero-order valence-electron chi connectivity index (χ0n) is 9.41. The lowest BCUT2D eigenvalue weighted by Gasteiger charge is -1.97. The van der Waals surface area contributed by atoms with Crippen LogP contribution in [0.2, 0.25) is 0 Å². The SMILES string of the molecule is COc1ccc(C#Cc2ccccc2F)cc1. The van der Waals surface area contributed by atoms with Crippen molar-refractivity contribution in [2.75, 3.05) is 7.11 Å². The van der Waals surface area contributed by atoms with Crippen LogP contribution in [0.4, 0.5) is 4.39 Å². The maximum atomic E-state index is 13.3. The Morgan fingerprint density at radius 1 is 0.941 bits per heavy atom. The number of halogens is 1. The van der Waals surface area contributed by atoms with E-state index in [1.165, 1.54) is 6.07 Å². The van der Waals surface area contributed by atoms with Gasteiger partial charge in [-0.25, -0.2) is 4.39 Å². The fourth-order valence-electron chi connectivity index (χ4n) is 1.38. The summed E-state index contributed by atoms with van der Waals surface area (Å²) < 4.78 is 18.3. The van der Waals surface area contributed by atoms with Gasteiger partial charge in [-0.3, -0.25) is 0 Å². The Hall–Kier alpha value is -2.27. The van der Waals surface area contributed by atoms with E-state index >= 15 is 0 Å². The minimum absolute atomic E-state index is 0.298. The van der Waals surface area contributed by atoms with Crippen molar-refractivity contribution >= 4 is 0 Å². The normalized spacial score (nSPS) is 9.29. The topological polar surface area (TPSA) is 9.23 Å². The van der Waals surface area contributed by atoms with Crippen LogP contribution in [0.15, 0.2) is 48.5 Å². The average molecular weight is 226 g/mol. The van der Waals surface area contributed by atoms with E-state index in [0.717, 1.165) is 11.3 Å². The third-order valence-electron chi connectivity index (χ3n) is 2.31. The van der Waals surface area contributed by atoms with E-state index in [-0.39, 0.29) is 5.82 Å². The second-order valence-electron chi connectivity index (χ2n) is 3.46. The Morgan fingerprint density at radius 3 is 2.29 bits per heavy atom. The van der Waals surface area contributed by atoms with E-state index < -0.39 is 0 Å². The molecule has 0 fully saturated rings. The van der Waals surface area contributed by atoms with Gasteiger partial charge in [0.25, 0.3) is 0 Å². The molecule has 2 aromatic carbocycles. The smallest absolute Gasteiger partial charge is 0.138 e. The van der Waals surface area contributed by atoms with Gasteiger partial charge in [-0.1, -0.05) is 24.0 Å². The van der Waals surface area contributed by atoms with Gasteiger partial charge in [0, 0.05) is 5.56 Å². The molecule has 2 heteroatoms. The highest BCUT2D eigenvalue weighted by Crippen LogP contribution is 2.10. The Bertz CT molecular complexity index is 561. The summed E-state index contributed by atoms with van der Waals surface area (Å²) >= 11 is 0. The molecule has 84 valence electrons. The van der Waals surface area contributed by atoms with Gasteiger partial charge in [-0.2, -0.15) is 0 Å². The standard InChI is InChI=1S/C15H11FO/c1-17-14-10-7-12(8-11-14)6-9-13-4-2-3-5-15(13)16/h2-5,7-8,10-11H,1H3. The number of methoxy groups -OCH3 is 1.